The van der Waals surface area contributed by atoms with E-state index in [9.17, 15) is 9.59 Å². The van der Waals surface area contributed by atoms with Crippen LogP contribution in [0.15, 0.2) is 23.3 Å². The Morgan fingerprint density at radius 1 is 1.35 bits per heavy atom. The van der Waals surface area contributed by atoms with Crippen LogP contribution in [0.1, 0.15) is 26.7 Å². The molecule has 0 saturated carbocycles. The number of rotatable bonds is 2. The number of allylic oxidation sites excluding steroid dienone is 1. The molecule has 20 heavy (non-hydrogen) atoms. The summed E-state index contributed by atoms with van der Waals surface area (Å²) < 4.78 is 9.99. The van der Waals surface area contributed by atoms with Gasteiger partial charge in [-0.2, -0.15) is 0 Å². The van der Waals surface area contributed by atoms with E-state index < -0.39 is 0 Å². The fourth-order valence-electron chi connectivity index (χ4n) is 2.52. The predicted molar refractivity (Wildman–Crippen MR) is 74.1 cm³/mol. The maximum Gasteiger partial charge on any atom is 0.410 e. The topological polar surface area (TPSA) is 55.8 Å². The summed E-state index contributed by atoms with van der Waals surface area (Å²) in [5, 5.41) is 0. The van der Waals surface area contributed by atoms with Gasteiger partial charge in [-0.05, 0) is 37.8 Å². The number of nitrogens with zero attached hydrogens (tertiary/aromatic N) is 1. The van der Waals surface area contributed by atoms with Gasteiger partial charge in [0.15, 0.2) is 0 Å². The molecule has 5 heteroatoms. The van der Waals surface area contributed by atoms with Gasteiger partial charge in [0.25, 0.3) is 0 Å². The smallest absolute Gasteiger partial charge is 0.410 e. The number of carbonyl (C=O) groups is 2. The molecule has 0 aromatic carbocycles. The Balaban J connectivity index is 2.00. The number of methoxy groups -OCH3 is 1. The third-order valence-electron chi connectivity index (χ3n) is 3.54. The van der Waals surface area contributed by atoms with Gasteiger partial charge in [-0.25, -0.2) is 4.79 Å². The number of carbonyl (C=O) groups excluding carboxylic acids is 2. The lowest BCUT2D eigenvalue weighted by Crippen LogP contribution is -2.39. The number of likely N-dealkylation sites (tertiary alicyclic amines) is 1. The van der Waals surface area contributed by atoms with Crippen LogP contribution in [0.25, 0.3) is 0 Å². The molecule has 0 N–H and O–H groups in total. The van der Waals surface area contributed by atoms with Crippen molar-refractivity contribution in [3.8, 4) is 0 Å². The van der Waals surface area contributed by atoms with Crippen molar-refractivity contribution in [2.45, 2.75) is 32.8 Å². The first-order valence-electron chi connectivity index (χ1n) is 6.94. The molecule has 2 aliphatic rings. The summed E-state index contributed by atoms with van der Waals surface area (Å²) in [4.78, 5) is 25.1. The molecule has 0 spiro atoms. The first-order chi connectivity index (χ1) is 9.51. The lowest BCUT2D eigenvalue weighted by molar-refractivity contribution is -0.143. The van der Waals surface area contributed by atoms with E-state index in [1.165, 1.54) is 7.11 Å². The van der Waals surface area contributed by atoms with E-state index >= 15 is 0 Å². The molecule has 1 fully saturated rings. The van der Waals surface area contributed by atoms with Crippen molar-refractivity contribution in [2.75, 3.05) is 20.2 Å². The van der Waals surface area contributed by atoms with Crippen LogP contribution < -0.4 is 0 Å². The molecule has 1 aliphatic carbocycles. The molecule has 1 unspecified atom stereocenters. The molecular weight excluding hydrogens is 258 g/mol. The van der Waals surface area contributed by atoms with E-state index in [0.29, 0.717) is 19.5 Å². The summed E-state index contributed by atoms with van der Waals surface area (Å²) in [6.07, 6.45) is 5.03. The third-order valence-corrected chi connectivity index (χ3v) is 3.54. The number of ether oxygens (including phenoxy) is 2. The second-order valence-electron chi connectivity index (χ2n) is 5.39. The zero-order chi connectivity index (χ0) is 14.7. The van der Waals surface area contributed by atoms with E-state index in [-0.39, 0.29) is 24.1 Å². The quantitative estimate of drug-likeness (QED) is 0.728. The molecular formula is C15H21NO4. The lowest BCUT2D eigenvalue weighted by atomic mass is 9.86. The Kier molecular flexibility index (Phi) is 4.47. The molecule has 5 nitrogen and oxygen atoms in total. The average Bonchev–Trinajstić information content (AvgIpc) is 2.44. The standard InChI is InChI=1S/C15H21NO4/c1-10(2)20-15(18)16-7-6-11-8-12(14(17)19-3)4-5-13(11)9-16/h5,8,10,12H,4,6-7,9H2,1-3H3. The van der Waals surface area contributed by atoms with Gasteiger partial charge in [-0.15, -0.1) is 0 Å². The minimum Gasteiger partial charge on any atom is -0.469 e. The lowest BCUT2D eigenvalue weighted by Gasteiger charge is -2.32. The SMILES string of the molecule is COC(=O)C1C=C2CCN(C(=O)OC(C)C)CC2=CC1. The van der Waals surface area contributed by atoms with Crippen molar-refractivity contribution in [1.82, 2.24) is 4.90 Å². The molecule has 0 bridgehead atoms. The molecule has 1 saturated heterocycles. The number of hydrogen-bond acceptors (Lipinski definition) is 4. The third kappa shape index (κ3) is 3.21. The predicted octanol–water partition coefficient (Wildman–Crippen LogP) is 2.28. The summed E-state index contributed by atoms with van der Waals surface area (Å²) in [5.74, 6) is -0.387. The van der Waals surface area contributed by atoms with E-state index in [4.69, 9.17) is 9.47 Å². The maximum absolute atomic E-state index is 11.9. The van der Waals surface area contributed by atoms with Crippen LogP contribution in [0, 0.1) is 5.92 Å². The number of hydrogen-bond donors (Lipinski definition) is 0. The highest BCUT2D eigenvalue weighted by atomic mass is 16.6. The maximum atomic E-state index is 11.9. The van der Waals surface area contributed by atoms with Crippen molar-refractivity contribution in [1.29, 1.82) is 0 Å². The Hall–Kier alpha value is -1.78. The Bertz CT molecular complexity index is 464. The van der Waals surface area contributed by atoms with Crippen LogP contribution in [-0.2, 0) is 14.3 Å². The molecule has 0 aromatic heterocycles. The van der Waals surface area contributed by atoms with Gasteiger partial charge >= 0.3 is 12.1 Å². The number of esters is 1. The van der Waals surface area contributed by atoms with Crippen molar-refractivity contribution in [3.63, 3.8) is 0 Å². The van der Waals surface area contributed by atoms with Gasteiger partial charge in [0, 0.05) is 13.1 Å². The van der Waals surface area contributed by atoms with Gasteiger partial charge in [-0.1, -0.05) is 12.2 Å². The van der Waals surface area contributed by atoms with Gasteiger partial charge in [-0.3, -0.25) is 4.79 Å². The Morgan fingerprint density at radius 2 is 2.10 bits per heavy atom. The van der Waals surface area contributed by atoms with Crippen molar-refractivity contribution >= 4 is 12.1 Å². The molecule has 0 radical (unpaired) electrons. The summed E-state index contributed by atoms with van der Waals surface area (Å²) in [6.45, 7) is 4.87. The minimum absolute atomic E-state index is 0.108. The fourth-order valence-corrected chi connectivity index (χ4v) is 2.52. The summed E-state index contributed by atoms with van der Waals surface area (Å²) in [5.41, 5.74) is 2.28. The van der Waals surface area contributed by atoms with Crippen molar-refractivity contribution in [2.24, 2.45) is 5.92 Å². The Labute approximate surface area is 119 Å². The van der Waals surface area contributed by atoms with Crippen LogP contribution in [0.4, 0.5) is 4.79 Å². The number of amides is 1. The van der Waals surface area contributed by atoms with Crippen LogP contribution in [0.5, 0.6) is 0 Å². The average molecular weight is 279 g/mol. The van der Waals surface area contributed by atoms with E-state index in [0.717, 1.165) is 17.6 Å². The van der Waals surface area contributed by atoms with Gasteiger partial charge < -0.3 is 14.4 Å². The van der Waals surface area contributed by atoms with Crippen molar-refractivity contribution in [3.05, 3.63) is 23.3 Å². The van der Waals surface area contributed by atoms with Crippen LogP contribution >= 0.6 is 0 Å². The molecule has 1 aliphatic heterocycles. The normalized spacial score (nSPS) is 21.8. The molecule has 1 amide bonds. The first-order valence-corrected chi connectivity index (χ1v) is 6.94. The molecule has 0 aromatic rings. The summed E-state index contributed by atoms with van der Waals surface area (Å²) >= 11 is 0. The van der Waals surface area contributed by atoms with Crippen LogP contribution in [0.3, 0.4) is 0 Å². The van der Waals surface area contributed by atoms with Gasteiger partial charge in [0.2, 0.25) is 0 Å². The largest absolute Gasteiger partial charge is 0.469 e. The van der Waals surface area contributed by atoms with E-state index in [2.05, 4.69) is 0 Å². The molecule has 110 valence electrons. The summed E-state index contributed by atoms with van der Waals surface area (Å²) in [7, 11) is 1.41. The zero-order valence-corrected chi connectivity index (χ0v) is 12.2. The highest BCUT2D eigenvalue weighted by Crippen LogP contribution is 2.30. The molecule has 1 atom stereocenters. The second kappa shape index (κ2) is 6.11. The zero-order valence-electron chi connectivity index (χ0n) is 12.2. The van der Waals surface area contributed by atoms with Crippen LogP contribution in [-0.4, -0.2) is 43.3 Å². The minimum atomic E-state index is -0.268. The van der Waals surface area contributed by atoms with E-state index in [1.807, 2.05) is 26.0 Å². The van der Waals surface area contributed by atoms with E-state index in [1.54, 1.807) is 4.90 Å². The molecule has 2 rings (SSSR count). The molecule has 1 heterocycles. The highest BCUT2D eigenvalue weighted by molar-refractivity contribution is 5.76. The number of fused-ring (bicyclic) bond motifs is 1. The van der Waals surface area contributed by atoms with Crippen LogP contribution in [0.2, 0.25) is 0 Å². The highest BCUT2D eigenvalue weighted by Gasteiger charge is 2.28. The first kappa shape index (κ1) is 14.6. The monoisotopic (exact) mass is 279 g/mol. The Morgan fingerprint density at radius 3 is 2.75 bits per heavy atom. The fraction of sp³-hybridized carbons (Fsp3) is 0.600. The van der Waals surface area contributed by atoms with Crippen molar-refractivity contribution < 1.29 is 19.1 Å². The number of piperidine rings is 1. The van der Waals surface area contributed by atoms with Gasteiger partial charge in [0.1, 0.15) is 0 Å². The van der Waals surface area contributed by atoms with Gasteiger partial charge in [0.05, 0.1) is 19.1 Å². The summed E-state index contributed by atoms with van der Waals surface area (Å²) in [6, 6.07) is 0. The second-order valence-corrected chi connectivity index (χ2v) is 5.39.